The molecule has 0 saturated heterocycles. The second-order valence-electron chi connectivity index (χ2n) is 6.06. The van der Waals surface area contributed by atoms with Crippen molar-refractivity contribution in [1.29, 1.82) is 0 Å². The largest absolute Gasteiger partial charge is 0.460 e. The van der Waals surface area contributed by atoms with Gasteiger partial charge in [-0.05, 0) is 45.2 Å². The maximum atomic E-state index is 10.8. The fourth-order valence-electron chi connectivity index (χ4n) is 1.84. The van der Waals surface area contributed by atoms with Gasteiger partial charge in [-0.15, -0.1) is 0 Å². The summed E-state index contributed by atoms with van der Waals surface area (Å²) in [6.07, 6.45) is 2.15. The average Bonchev–Trinajstić information content (AvgIpc) is 2.23. The predicted molar refractivity (Wildman–Crippen MR) is 83.3 cm³/mol. The van der Waals surface area contributed by atoms with E-state index in [1.165, 1.54) is 0 Å². The van der Waals surface area contributed by atoms with E-state index in [1.807, 2.05) is 0 Å². The minimum atomic E-state index is -1.55. The number of esters is 1. The van der Waals surface area contributed by atoms with Gasteiger partial charge in [-0.25, -0.2) is 4.79 Å². The van der Waals surface area contributed by atoms with Gasteiger partial charge in [0.25, 0.3) is 0 Å². The lowest BCUT2D eigenvalue weighted by Crippen LogP contribution is -2.42. The van der Waals surface area contributed by atoms with E-state index in [1.54, 1.807) is 0 Å². The highest BCUT2D eigenvalue weighted by Crippen LogP contribution is 2.19. The molecule has 0 unspecified atom stereocenters. The summed E-state index contributed by atoms with van der Waals surface area (Å²) in [6.45, 7) is 16.0. The number of rotatable bonds is 10. The minimum Gasteiger partial charge on any atom is -0.460 e. The Labute approximate surface area is 119 Å². The molecule has 0 amide bonds. The van der Waals surface area contributed by atoms with Crippen LogP contribution in [0.3, 0.4) is 0 Å². The van der Waals surface area contributed by atoms with Crippen LogP contribution in [0, 0.1) is 0 Å². The van der Waals surface area contributed by atoms with Crippen LogP contribution in [-0.4, -0.2) is 42.4 Å². The molecule has 0 aliphatic carbocycles. The van der Waals surface area contributed by atoms with Crippen LogP contribution < -0.4 is 0 Å². The van der Waals surface area contributed by atoms with Crippen LogP contribution in [0.4, 0.5) is 0 Å². The Morgan fingerprint density at radius 2 is 1.74 bits per heavy atom. The van der Waals surface area contributed by atoms with E-state index in [4.69, 9.17) is 13.6 Å². The summed E-state index contributed by atoms with van der Waals surface area (Å²) < 4.78 is 16.5. The van der Waals surface area contributed by atoms with Crippen molar-refractivity contribution in [1.82, 2.24) is 0 Å². The molecule has 0 spiro atoms. The van der Waals surface area contributed by atoms with Crippen molar-refractivity contribution in [3.8, 4) is 0 Å². The van der Waals surface area contributed by atoms with Crippen LogP contribution >= 0.6 is 0 Å². The Morgan fingerprint density at radius 1 is 1.11 bits per heavy atom. The van der Waals surface area contributed by atoms with Gasteiger partial charge in [0, 0.05) is 12.7 Å². The van der Waals surface area contributed by atoms with E-state index in [2.05, 4.69) is 39.3 Å². The minimum absolute atomic E-state index is 0.289. The molecule has 0 rings (SSSR count). The average molecular weight is 305 g/mol. The van der Waals surface area contributed by atoms with Crippen molar-refractivity contribution < 1.29 is 18.4 Å². The molecule has 0 aromatic rings. The van der Waals surface area contributed by atoms with Gasteiger partial charge < -0.3 is 13.6 Å². The second kappa shape index (κ2) is 8.68. The number of carbonyl (C=O) groups is 1. The number of hydrogen-bond donors (Lipinski definition) is 0. The first kappa shape index (κ1) is 18.6. The summed E-state index contributed by atoms with van der Waals surface area (Å²) in [5, 5.41) is 0. The molecule has 0 aliphatic rings. The standard InChI is InChI=1S/C13H28O4Si2/c1-7-13(14)16-11-10-15-9-8-12-19(5,6)17-18(2,3)4/h7H,1,8-12H2,2-6H3. The molecule has 0 aromatic heterocycles. The van der Waals surface area contributed by atoms with Crippen LogP contribution in [0.15, 0.2) is 12.7 Å². The number of ether oxygens (including phenoxy) is 2. The second-order valence-corrected chi connectivity index (χ2v) is 15.1. The Kier molecular flexibility index (Phi) is 8.48. The maximum Gasteiger partial charge on any atom is 0.330 e. The normalized spacial score (nSPS) is 12.3. The Balaban J connectivity index is 3.58. The number of hydrogen-bond acceptors (Lipinski definition) is 4. The molecular weight excluding hydrogens is 276 g/mol. The van der Waals surface area contributed by atoms with E-state index in [9.17, 15) is 4.79 Å². The molecule has 0 bridgehead atoms. The molecule has 112 valence electrons. The van der Waals surface area contributed by atoms with Gasteiger partial charge in [0.15, 0.2) is 16.6 Å². The van der Waals surface area contributed by atoms with Crippen LogP contribution in [-0.2, 0) is 18.4 Å². The maximum absolute atomic E-state index is 10.8. The van der Waals surface area contributed by atoms with Gasteiger partial charge in [0.05, 0.1) is 6.61 Å². The first-order valence-corrected chi connectivity index (χ1v) is 13.3. The monoisotopic (exact) mass is 304 g/mol. The van der Waals surface area contributed by atoms with E-state index >= 15 is 0 Å². The van der Waals surface area contributed by atoms with Crippen molar-refractivity contribution in [2.45, 2.75) is 45.2 Å². The van der Waals surface area contributed by atoms with Crippen LogP contribution in [0.2, 0.25) is 38.8 Å². The molecule has 0 aromatic carbocycles. The van der Waals surface area contributed by atoms with Crippen molar-refractivity contribution in [3.63, 3.8) is 0 Å². The third-order valence-electron chi connectivity index (χ3n) is 2.29. The summed E-state index contributed by atoms with van der Waals surface area (Å²) in [5.74, 6) is -0.402. The highest BCUT2D eigenvalue weighted by Gasteiger charge is 2.28. The van der Waals surface area contributed by atoms with Gasteiger partial charge >= 0.3 is 5.97 Å². The Hall–Kier alpha value is -0.436. The van der Waals surface area contributed by atoms with Crippen molar-refractivity contribution in [3.05, 3.63) is 12.7 Å². The SMILES string of the molecule is C=CC(=O)OCCOCCC[Si](C)(C)O[Si](C)(C)C. The van der Waals surface area contributed by atoms with E-state index in [0.29, 0.717) is 13.2 Å². The molecule has 0 fully saturated rings. The zero-order valence-corrected chi connectivity index (χ0v) is 15.0. The van der Waals surface area contributed by atoms with Gasteiger partial charge in [0.1, 0.15) is 6.61 Å². The Morgan fingerprint density at radius 3 is 2.26 bits per heavy atom. The lowest BCUT2D eigenvalue weighted by atomic mass is 10.5. The number of carbonyl (C=O) groups excluding carboxylic acids is 1. The van der Waals surface area contributed by atoms with E-state index in [0.717, 1.165) is 18.5 Å². The molecular formula is C13H28O4Si2. The molecule has 6 heteroatoms. The van der Waals surface area contributed by atoms with Crippen molar-refractivity contribution >= 4 is 22.6 Å². The molecule has 0 saturated carbocycles. The lowest BCUT2D eigenvalue weighted by Gasteiger charge is -2.31. The highest BCUT2D eigenvalue weighted by atomic mass is 28.4. The third kappa shape index (κ3) is 12.3. The molecule has 0 heterocycles. The van der Waals surface area contributed by atoms with Crippen LogP contribution in [0.25, 0.3) is 0 Å². The predicted octanol–water partition coefficient (Wildman–Crippen LogP) is 3.18. The molecule has 0 radical (unpaired) electrons. The fraction of sp³-hybridized carbons (Fsp3) is 0.769. The van der Waals surface area contributed by atoms with Crippen molar-refractivity contribution in [2.75, 3.05) is 19.8 Å². The zero-order valence-electron chi connectivity index (χ0n) is 13.0. The van der Waals surface area contributed by atoms with Crippen LogP contribution in [0.1, 0.15) is 6.42 Å². The molecule has 0 atom stereocenters. The Bertz CT molecular complexity index is 285. The van der Waals surface area contributed by atoms with Crippen molar-refractivity contribution in [2.24, 2.45) is 0 Å². The summed E-state index contributed by atoms with van der Waals surface area (Å²) in [4.78, 5) is 10.8. The smallest absolute Gasteiger partial charge is 0.330 e. The van der Waals surface area contributed by atoms with Gasteiger partial charge in [0.2, 0.25) is 0 Å². The van der Waals surface area contributed by atoms with Crippen LogP contribution in [0.5, 0.6) is 0 Å². The first-order chi connectivity index (χ1) is 8.66. The van der Waals surface area contributed by atoms with Gasteiger partial charge in [-0.1, -0.05) is 6.58 Å². The molecule has 0 N–H and O–H groups in total. The quantitative estimate of drug-likeness (QED) is 0.269. The zero-order chi connectivity index (χ0) is 14.9. The van der Waals surface area contributed by atoms with Gasteiger partial charge in [-0.2, -0.15) is 0 Å². The third-order valence-corrected chi connectivity index (χ3v) is 8.51. The summed E-state index contributed by atoms with van der Waals surface area (Å²) in [6, 6.07) is 1.10. The highest BCUT2D eigenvalue weighted by molar-refractivity contribution is 6.84. The summed E-state index contributed by atoms with van der Waals surface area (Å²) >= 11 is 0. The topological polar surface area (TPSA) is 44.8 Å². The first-order valence-electron chi connectivity index (χ1n) is 6.73. The summed E-state index contributed by atoms with van der Waals surface area (Å²) in [5.41, 5.74) is 0. The summed E-state index contributed by atoms with van der Waals surface area (Å²) in [7, 11) is -2.98. The molecule has 19 heavy (non-hydrogen) atoms. The van der Waals surface area contributed by atoms with E-state index in [-0.39, 0.29) is 6.61 Å². The fourth-order valence-corrected chi connectivity index (χ4v) is 9.88. The molecule has 0 aliphatic heterocycles. The lowest BCUT2D eigenvalue weighted by molar-refractivity contribution is -0.139. The van der Waals surface area contributed by atoms with Gasteiger partial charge in [-0.3, -0.25) is 0 Å². The van der Waals surface area contributed by atoms with E-state index < -0.39 is 22.6 Å². The molecule has 4 nitrogen and oxygen atoms in total.